The van der Waals surface area contributed by atoms with Crippen LogP contribution in [0.5, 0.6) is 0 Å². The fourth-order valence-electron chi connectivity index (χ4n) is 2.87. The largest absolute Gasteiger partial charge is 0.443 e. The number of nitriles is 2. The van der Waals surface area contributed by atoms with Gasteiger partial charge in [0.2, 0.25) is 0 Å². The first kappa shape index (κ1) is 18.4. The van der Waals surface area contributed by atoms with Crippen LogP contribution in [0.2, 0.25) is 0 Å². The van der Waals surface area contributed by atoms with Crippen molar-refractivity contribution in [1.29, 1.82) is 10.5 Å². The zero-order valence-corrected chi connectivity index (χ0v) is 15.2. The molecular weight excluding hydrogens is 316 g/mol. The Kier molecular flexibility index (Phi) is 5.04. The highest BCUT2D eigenvalue weighted by molar-refractivity contribution is 5.70. The highest BCUT2D eigenvalue weighted by atomic mass is 16.6. The number of ether oxygens (including phenoxy) is 1. The van der Waals surface area contributed by atoms with Gasteiger partial charge in [0.05, 0.1) is 35.7 Å². The zero-order chi connectivity index (χ0) is 18.8. The van der Waals surface area contributed by atoms with Gasteiger partial charge in [0.1, 0.15) is 5.60 Å². The zero-order valence-electron chi connectivity index (χ0n) is 15.2. The molecule has 0 spiro atoms. The summed E-state index contributed by atoms with van der Waals surface area (Å²) in [5.41, 5.74) is 2.65. The van der Waals surface area contributed by atoms with Gasteiger partial charge in [-0.05, 0) is 46.3 Å². The molecule has 0 aromatic rings. The Morgan fingerprint density at radius 3 is 2.28 bits per heavy atom. The van der Waals surface area contributed by atoms with Gasteiger partial charge in [-0.3, -0.25) is 4.90 Å². The number of hydrogen-bond donors (Lipinski definition) is 1. The summed E-state index contributed by atoms with van der Waals surface area (Å²) in [6, 6.07) is 4.40. The molecule has 0 radical (unpaired) electrons. The molecule has 6 heteroatoms. The van der Waals surface area contributed by atoms with Crippen LogP contribution in [0.3, 0.4) is 0 Å². The van der Waals surface area contributed by atoms with E-state index in [1.54, 1.807) is 12.3 Å². The predicted octanol–water partition coefficient (Wildman–Crippen LogP) is 3.49. The summed E-state index contributed by atoms with van der Waals surface area (Å²) in [6.45, 7) is 9.32. The van der Waals surface area contributed by atoms with Crippen molar-refractivity contribution in [2.24, 2.45) is 5.92 Å². The molecule has 2 aliphatic heterocycles. The van der Waals surface area contributed by atoms with E-state index in [-0.39, 0.29) is 6.54 Å². The van der Waals surface area contributed by atoms with Gasteiger partial charge in [-0.25, -0.2) is 4.79 Å². The van der Waals surface area contributed by atoms with Gasteiger partial charge in [0, 0.05) is 17.6 Å². The second kappa shape index (κ2) is 6.86. The van der Waals surface area contributed by atoms with Crippen LogP contribution in [0.4, 0.5) is 4.79 Å². The van der Waals surface area contributed by atoms with Crippen LogP contribution >= 0.6 is 0 Å². The van der Waals surface area contributed by atoms with E-state index in [2.05, 4.69) is 17.5 Å². The highest BCUT2D eigenvalue weighted by Gasteiger charge is 2.33. The van der Waals surface area contributed by atoms with Crippen molar-refractivity contribution in [3.63, 3.8) is 0 Å². The maximum atomic E-state index is 12.3. The number of carbonyl (C=O) groups excluding carboxylic acids is 1. The van der Waals surface area contributed by atoms with E-state index in [9.17, 15) is 15.3 Å². The summed E-state index contributed by atoms with van der Waals surface area (Å²) < 4.78 is 5.40. The molecule has 0 fully saturated rings. The Labute approximate surface area is 148 Å². The number of rotatable bonds is 1. The maximum absolute atomic E-state index is 12.3. The molecule has 130 valence electrons. The molecule has 0 aromatic heterocycles. The molecule has 0 aliphatic carbocycles. The highest BCUT2D eigenvalue weighted by Crippen LogP contribution is 2.35. The summed E-state index contributed by atoms with van der Waals surface area (Å²) in [6.07, 6.45) is 4.77. The third-order valence-corrected chi connectivity index (χ3v) is 3.93. The molecule has 0 bridgehead atoms. The fraction of sp³-hybridized carbons (Fsp3) is 0.421. The first-order chi connectivity index (χ1) is 11.7. The van der Waals surface area contributed by atoms with Gasteiger partial charge >= 0.3 is 6.09 Å². The second-order valence-corrected chi connectivity index (χ2v) is 7.05. The van der Waals surface area contributed by atoms with E-state index >= 15 is 0 Å². The van der Waals surface area contributed by atoms with Crippen molar-refractivity contribution >= 4 is 6.09 Å². The van der Waals surface area contributed by atoms with Gasteiger partial charge in [-0.15, -0.1) is 0 Å². The van der Waals surface area contributed by atoms with E-state index in [1.807, 2.05) is 40.7 Å². The van der Waals surface area contributed by atoms with Crippen molar-refractivity contribution in [1.82, 2.24) is 10.2 Å². The smallest absolute Gasteiger partial charge is 0.414 e. The molecule has 25 heavy (non-hydrogen) atoms. The summed E-state index contributed by atoms with van der Waals surface area (Å²) in [5.74, 6) is -0.453. The molecule has 0 saturated carbocycles. The molecule has 2 heterocycles. The Balaban J connectivity index is 2.34. The average molecular weight is 338 g/mol. The lowest BCUT2D eigenvalue weighted by Crippen LogP contribution is -2.37. The summed E-state index contributed by atoms with van der Waals surface area (Å²) in [4.78, 5) is 13.8. The minimum Gasteiger partial charge on any atom is -0.443 e. The number of nitrogens with zero attached hydrogens (tertiary/aromatic N) is 3. The number of nitrogens with one attached hydrogen (secondary N) is 1. The molecule has 0 atom stereocenters. The first-order valence-corrected chi connectivity index (χ1v) is 8.03. The third-order valence-electron chi connectivity index (χ3n) is 3.93. The van der Waals surface area contributed by atoms with E-state index < -0.39 is 17.6 Å². The Morgan fingerprint density at radius 1 is 1.24 bits per heavy atom. The van der Waals surface area contributed by atoms with E-state index in [1.165, 1.54) is 4.90 Å². The first-order valence-electron chi connectivity index (χ1n) is 8.03. The number of hydrogen-bond acceptors (Lipinski definition) is 5. The normalized spacial score (nSPS) is 18.4. The molecule has 0 aromatic carbocycles. The number of carbonyl (C=O) groups is 1. The van der Waals surface area contributed by atoms with Gasteiger partial charge < -0.3 is 10.1 Å². The van der Waals surface area contributed by atoms with E-state index in [0.29, 0.717) is 11.1 Å². The van der Waals surface area contributed by atoms with Crippen molar-refractivity contribution in [2.75, 3.05) is 6.54 Å². The van der Waals surface area contributed by atoms with Crippen LogP contribution in [0.15, 0.2) is 46.5 Å². The molecule has 2 aliphatic rings. The molecule has 2 rings (SSSR count). The van der Waals surface area contributed by atoms with Crippen LogP contribution in [0.25, 0.3) is 0 Å². The van der Waals surface area contributed by atoms with Crippen LogP contribution in [-0.4, -0.2) is 23.1 Å². The molecular formula is C19H22N4O2. The van der Waals surface area contributed by atoms with Crippen LogP contribution < -0.4 is 5.32 Å². The molecule has 0 saturated heterocycles. The van der Waals surface area contributed by atoms with Crippen molar-refractivity contribution in [2.45, 2.75) is 40.2 Å². The number of amides is 1. The van der Waals surface area contributed by atoms with Crippen LogP contribution in [0, 0.1) is 28.6 Å². The van der Waals surface area contributed by atoms with Gasteiger partial charge in [0.25, 0.3) is 0 Å². The van der Waals surface area contributed by atoms with Crippen molar-refractivity contribution in [3.05, 3.63) is 46.5 Å². The standard InChI is InChI=1S/C19H22N4O2/c1-12-15(9-20)17(16(10-21)13(2)22-12)14-7-6-8-23(11-14)18(24)25-19(3,4)5/h6-8,17,22H,11H2,1-5H3. The maximum Gasteiger partial charge on any atom is 0.414 e. The lowest BCUT2D eigenvalue weighted by Gasteiger charge is -2.32. The Bertz CT molecular complexity index is 759. The van der Waals surface area contributed by atoms with E-state index in [0.717, 1.165) is 17.0 Å². The van der Waals surface area contributed by atoms with E-state index in [4.69, 9.17) is 4.74 Å². The Hall–Kier alpha value is -2.99. The number of allylic oxidation sites excluding steroid dienone is 6. The lowest BCUT2D eigenvalue weighted by atomic mass is 9.80. The molecule has 6 nitrogen and oxygen atoms in total. The van der Waals surface area contributed by atoms with Crippen LogP contribution in [-0.2, 0) is 4.74 Å². The van der Waals surface area contributed by atoms with Crippen LogP contribution in [0.1, 0.15) is 34.6 Å². The molecule has 1 N–H and O–H groups in total. The summed E-state index contributed by atoms with van der Waals surface area (Å²) in [7, 11) is 0. The monoisotopic (exact) mass is 338 g/mol. The topological polar surface area (TPSA) is 89.2 Å². The summed E-state index contributed by atoms with van der Waals surface area (Å²) in [5, 5.41) is 22.2. The van der Waals surface area contributed by atoms with Crippen molar-refractivity contribution < 1.29 is 9.53 Å². The average Bonchev–Trinajstić information content (AvgIpc) is 2.52. The quantitative estimate of drug-likeness (QED) is 0.790. The molecule has 1 amide bonds. The minimum absolute atomic E-state index is 0.271. The lowest BCUT2D eigenvalue weighted by molar-refractivity contribution is 0.0344. The van der Waals surface area contributed by atoms with Crippen molar-refractivity contribution in [3.8, 4) is 12.1 Å². The van der Waals surface area contributed by atoms with Gasteiger partial charge in [0.15, 0.2) is 0 Å². The predicted molar refractivity (Wildman–Crippen MR) is 93.4 cm³/mol. The third kappa shape index (κ3) is 3.92. The molecule has 0 unspecified atom stereocenters. The van der Waals surface area contributed by atoms with Gasteiger partial charge in [-0.2, -0.15) is 10.5 Å². The fourth-order valence-corrected chi connectivity index (χ4v) is 2.87. The second-order valence-electron chi connectivity index (χ2n) is 7.05. The number of dihydropyridines is 1. The SMILES string of the molecule is CC1=C(C#N)C(C2=CC=CN(C(=O)OC(C)(C)C)C2)C(C#N)=C(C)N1. The van der Waals surface area contributed by atoms with Gasteiger partial charge in [-0.1, -0.05) is 6.08 Å². The summed E-state index contributed by atoms with van der Waals surface area (Å²) >= 11 is 0. The minimum atomic E-state index is -0.594. The Morgan fingerprint density at radius 2 is 1.80 bits per heavy atom.